The molecule has 0 amide bonds. The summed E-state index contributed by atoms with van der Waals surface area (Å²) in [6.45, 7) is 0.102. The molecule has 136 valence electrons. The van der Waals surface area contributed by atoms with Crippen molar-refractivity contribution in [3.63, 3.8) is 0 Å². The van der Waals surface area contributed by atoms with E-state index in [1.165, 1.54) is 48.2 Å². The largest absolute Gasteiger partial charge is 0.486 e. The monoisotopic (exact) mass is 385 g/mol. The maximum absolute atomic E-state index is 13.0. The van der Waals surface area contributed by atoms with Crippen molar-refractivity contribution in [1.29, 1.82) is 0 Å². The molecule has 8 nitrogen and oxygen atoms in total. The number of hydrogen-bond donors (Lipinski definition) is 0. The maximum Gasteiger partial charge on any atom is 0.270 e. The van der Waals surface area contributed by atoms with Gasteiger partial charge in [-0.2, -0.15) is 9.78 Å². The molecule has 0 unspecified atom stereocenters. The Labute approximate surface area is 156 Å². The molecule has 1 aliphatic heterocycles. The average Bonchev–Trinajstić information content (AvgIpc) is 3.10. The fraction of sp³-hybridized carbons (Fsp3) is 0.118. The van der Waals surface area contributed by atoms with E-state index < -0.39 is 4.92 Å². The van der Waals surface area contributed by atoms with Crippen LogP contribution in [0.1, 0.15) is 11.4 Å². The number of non-ortho nitro benzene ring substituents is 1. The highest BCUT2D eigenvalue weighted by Gasteiger charge is 2.21. The minimum atomic E-state index is -0.438. The average molecular weight is 385 g/mol. The highest BCUT2D eigenvalue weighted by atomic mass is 32.2. The molecule has 3 aromatic rings. The van der Waals surface area contributed by atoms with Crippen LogP contribution >= 0.6 is 11.8 Å². The molecule has 0 N–H and O–H groups in total. The highest BCUT2D eigenvalue weighted by Crippen LogP contribution is 2.26. The van der Waals surface area contributed by atoms with Crippen molar-refractivity contribution < 1.29 is 14.1 Å². The summed E-state index contributed by atoms with van der Waals surface area (Å²) >= 11 is 1.43. The van der Waals surface area contributed by atoms with Gasteiger partial charge in [-0.15, -0.1) is 10.2 Å². The SMILES string of the molecule is O=[N+]([O-])c1cccc(C2=Nn3c(COc4ccc(F)cc4)nnc3SC2)c1. The van der Waals surface area contributed by atoms with Gasteiger partial charge in [-0.3, -0.25) is 10.1 Å². The zero-order valence-corrected chi connectivity index (χ0v) is 14.6. The molecule has 0 saturated carbocycles. The Morgan fingerprint density at radius 3 is 2.81 bits per heavy atom. The van der Waals surface area contributed by atoms with Gasteiger partial charge in [0, 0.05) is 23.4 Å². The second-order valence-corrected chi connectivity index (χ2v) is 6.54. The van der Waals surface area contributed by atoms with Crippen molar-refractivity contribution in [2.45, 2.75) is 11.8 Å². The molecule has 2 heterocycles. The van der Waals surface area contributed by atoms with Crippen LogP contribution in [0.3, 0.4) is 0 Å². The molecule has 10 heteroatoms. The number of nitro benzene ring substituents is 1. The molecule has 1 aliphatic rings. The fourth-order valence-electron chi connectivity index (χ4n) is 2.48. The summed E-state index contributed by atoms with van der Waals surface area (Å²) < 4.78 is 20.1. The van der Waals surface area contributed by atoms with Gasteiger partial charge in [0.25, 0.3) is 5.69 Å². The number of nitro groups is 1. The molecule has 4 rings (SSSR count). The lowest BCUT2D eigenvalue weighted by molar-refractivity contribution is -0.384. The summed E-state index contributed by atoms with van der Waals surface area (Å²) in [5.41, 5.74) is 1.36. The summed E-state index contributed by atoms with van der Waals surface area (Å²) in [5, 5.41) is 24.3. The lowest BCUT2D eigenvalue weighted by atomic mass is 10.1. The maximum atomic E-state index is 13.0. The van der Waals surface area contributed by atoms with Crippen LogP contribution in [0.5, 0.6) is 5.75 Å². The molecule has 0 saturated heterocycles. The van der Waals surface area contributed by atoms with Gasteiger partial charge in [-0.1, -0.05) is 23.9 Å². The van der Waals surface area contributed by atoms with Gasteiger partial charge < -0.3 is 4.74 Å². The number of hydrogen-bond acceptors (Lipinski definition) is 7. The first kappa shape index (κ1) is 17.2. The normalized spacial score (nSPS) is 13.0. The van der Waals surface area contributed by atoms with Crippen LogP contribution < -0.4 is 4.74 Å². The second kappa shape index (κ2) is 7.16. The van der Waals surface area contributed by atoms with E-state index in [1.54, 1.807) is 16.8 Å². The van der Waals surface area contributed by atoms with Crippen LogP contribution in [0, 0.1) is 15.9 Å². The minimum absolute atomic E-state index is 0.00891. The molecule has 0 fully saturated rings. The van der Waals surface area contributed by atoms with Crippen molar-refractivity contribution in [1.82, 2.24) is 14.9 Å². The Morgan fingerprint density at radius 1 is 1.22 bits per heavy atom. The number of halogens is 1. The zero-order chi connectivity index (χ0) is 18.8. The van der Waals surface area contributed by atoms with E-state index in [-0.39, 0.29) is 18.1 Å². The Morgan fingerprint density at radius 2 is 2.04 bits per heavy atom. The quantitative estimate of drug-likeness (QED) is 0.494. The third-order valence-corrected chi connectivity index (χ3v) is 4.74. The molecule has 2 aromatic carbocycles. The van der Waals surface area contributed by atoms with Gasteiger partial charge >= 0.3 is 0 Å². The summed E-state index contributed by atoms with van der Waals surface area (Å²) in [4.78, 5) is 10.5. The van der Waals surface area contributed by atoms with Gasteiger partial charge in [-0.25, -0.2) is 4.39 Å². The number of benzene rings is 2. The van der Waals surface area contributed by atoms with Crippen molar-refractivity contribution in [3.8, 4) is 5.75 Å². The standard InChI is InChI=1S/C17H12FN5O3S/c18-12-4-6-14(7-5-12)26-9-16-19-20-17-22(16)21-15(10-27-17)11-2-1-3-13(8-11)23(24)25/h1-8H,9-10H2. The number of aromatic nitrogens is 3. The third kappa shape index (κ3) is 3.65. The number of fused-ring (bicyclic) bond motifs is 1. The van der Waals surface area contributed by atoms with Crippen LogP contribution in [-0.4, -0.2) is 31.3 Å². The van der Waals surface area contributed by atoms with Gasteiger partial charge in [0.1, 0.15) is 18.2 Å². The smallest absolute Gasteiger partial charge is 0.270 e. The van der Waals surface area contributed by atoms with Crippen LogP contribution in [0.4, 0.5) is 10.1 Å². The summed E-state index contributed by atoms with van der Waals surface area (Å²) in [6, 6.07) is 12.0. The number of thioether (sulfide) groups is 1. The Balaban J connectivity index is 1.58. The zero-order valence-electron chi connectivity index (χ0n) is 13.8. The van der Waals surface area contributed by atoms with Crippen LogP contribution in [0.25, 0.3) is 0 Å². The molecule has 0 bridgehead atoms. The van der Waals surface area contributed by atoms with Crippen molar-refractivity contribution in [2.75, 3.05) is 5.75 Å². The van der Waals surface area contributed by atoms with Gasteiger partial charge in [0.15, 0.2) is 5.82 Å². The molecule has 0 aliphatic carbocycles. The van der Waals surface area contributed by atoms with E-state index in [0.29, 0.717) is 33.8 Å². The van der Waals surface area contributed by atoms with Crippen LogP contribution in [0.2, 0.25) is 0 Å². The Hall–Kier alpha value is -3.27. The first-order chi connectivity index (χ1) is 13.1. The summed E-state index contributed by atoms with van der Waals surface area (Å²) in [5.74, 6) is 1.16. The highest BCUT2D eigenvalue weighted by molar-refractivity contribution is 7.99. The summed E-state index contributed by atoms with van der Waals surface area (Å²) in [6.07, 6.45) is 0. The van der Waals surface area contributed by atoms with Gasteiger partial charge in [0.05, 0.1) is 10.6 Å². The minimum Gasteiger partial charge on any atom is -0.486 e. The van der Waals surface area contributed by atoms with E-state index in [4.69, 9.17) is 4.74 Å². The molecule has 27 heavy (non-hydrogen) atoms. The molecular formula is C17H12FN5O3S. The number of rotatable bonds is 5. The molecule has 0 atom stereocenters. The third-order valence-electron chi connectivity index (χ3n) is 3.81. The predicted octanol–water partition coefficient (Wildman–Crippen LogP) is 3.26. The molecular weight excluding hydrogens is 373 g/mol. The van der Waals surface area contributed by atoms with E-state index in [1.807, 2.05) is 0 Å². The van der Waals surface area contributed by atoms with Crippen molar-refractivity contribution >= 4 is 23.2 Å². The van der Waals surface area contributed by atoms with Crippen molar-refractivity contribution in [3.05, 3.63) is 75.9 Å². The van der Waals surface area contributed by atoms with E-state index >= 15 is 0 Å². The lowest BCUT2D eigenvalue weighted by Gasteiger charge is -2.14. The second-order valence-electron chi connectivity index (χ2n) is 5.60. The first-order valence-electron chi connectivity index (χ1n) is 7.88. The Bertz CT molecular complexity index is 1040. The van der Waals surface area contributed by atoms with E-state index in [9.17, 15) is 14.5 Å². The topological polar surface area (TPSA) is 95.4 Å². The van der Waals surface area contributed by atoms with Crippen LogP contribution in [-0.2, 0) is 6.61 Å². The fourth-order valence-corrected chi connectivity index (χ4v) is 3.33. The number of nitrogens with zero attached hydrogens (tertiary/aromatic N) is 5. The van der Waals surface area contributed by atoms with Gasteiger partial charge in [0.2, 0.25) is 5.16 Å². The molecule has 0 spiro atoms. The van der Waals surface area contributed by atoms with Gasteiger partial charge in [-0.05, 0) is 24.3 Å². The lowest BCUT2D eigenvalue weighted by Crippen LogP contribution is -2.15. The molecule has 0 radical (unpaired) electrons. The predicted molar refractivity (Wildman–Crippen MR) is 96.5 cm³/mol. The van der Waals surface area contributed by atoms with Crippen LogP contribution in [0.15, 0.2) is 58.8 Å². The Kier molecular flexibility index (Phi) is 4.55. The van der Waals surface area contributed by atoms with E-state index in [2.05, 4.69) is 15.3 Å². The van der Waals surface area contributed by atoms with E-state index in [0.717, 1.165) is 0 Å². The number of ether oxygens (including phenoxy) is 1. The first-order valence-corrected chi connectivity index (χ1v) is 8.87. The summed E-state index contributed by atoms with van der Waals surface area (Å²) in [7, 11) is 0. The molecule has 1 aromatic heterocycles. The van der Waals surface area contributed by atoms with Crippen molar-refractivity contribution in [2.24, 2.45) is 5.10 Å².